The molecule has 0 saturated heterocycles. The van der Waals surface area contributed by atoms with E-state index in [4.69, 9.17) is 4.28 Å². The van der Waals surface area contributed by atoms with E-state index in [1.807, 2.05) is 6.07 Å². The Balaban J connectivity index is 2.16. The van der Waals surface area contributed by atoms with E-state index in [0.717, 1.165) is 0 Å². The van der Waals surface area contributed by atoms with Gasteiger partial charge in [-0.25, -0.2) is 5.48 Å². The minimum atomic E-state index is -3.80. The fourth-order valence-electron chi connectivity index (χ4n) is 1.49. The van der Waals surface area contributed by atoms with Gasteiger partial charge in [-0.05, 0) is 30.7 Å². The standard InChI is InChI=1S/C13H13NO3S/c1-11-7-5-6-10-13(11)18(15,16)17-14-12-8-3-2-4-9-12/h2-10,14H,1H3. The monoisotopic (exact) mass is 263 g/mol. The summed E-state index contributed by atoms with van der Waals surface area (Å²) in [5, 5.41) is 0. The van der Waals surface area contributed by atoms with Crippen LogP contribution < -0.4 is 5.48 Å². The van der Waals surface area contributed by atoms with Gasteiger partial charge in [0.15, 0.2) is 0 Å². The summed E-state index contributed by atoms with van der Waals surface area (Å²) >= 11 is 0. The number of hydrogen-bond donors (Lipinski definition) is 1. The molecule has 0 aliphatic heterocycles. The summed E-state index contributed by atoms with van der Waals surface area (Å²) in [6.07, 6.45) is 0. The van der Waals surface area contributed by atoms with Crippen LogP contribution in [-0.4, -0.2) is 8.42 Å². The Labute approximate surface area is 106 Å². The van der Waals surface area contributed by atoms with Crippen molar-refractivity contribution in [3.63, 3.8) is 0 Å². The highest BCUT2D eigenvalue weighted by atomic mass is 32.2. The molecule has 0 radical (unpaired) electrons. The second-order valence-electron chi connectivity index (χ2n) is 3.77. The van der Waals surface area contributed by atoms with Crippen molar-refractivity contribution in [2.45, 2.75) is 11.8 Å². The van der Waals surface area contributed by atoms with E-state index < -0.39 is 10.1 Å². The zero-order valence-corrected chi connectivity index (χ0v) is 10.6. The molecule has 2 rings (SSSR count). The second-order valence-corrected chi connectivity index (χ2v) is 5.29. The summed E-state index contributed by atoms with van der Waals surface area (Å²) in [6, 6.07) is 15.5. The molecular formula is C13H13NO3S. The third-order valence-electron chi connectivity index (χ3n) is 2.41. The predicted molar refractivity (Wildman–Crippen MR) is 69.5 cm³/mol. The van der Waals surface area contributed by atoms with Crippen LogP contribution >= 0.6 is 0 Å². The van der Waals surface area contributed by atoms with Crippen molar-refractivity contribution in [1.82, 2.24) is 0 Å². The third-order valence-corrected chi connectivity index (χ3v) is 3.71. The van der Waals surface area contributed by atoms with Crippen molar-refractivity contribution >= 4 is 15.8 Å². The first-order chi connectivity index (χ1) is 8.59. The van der Waals surface area contributed by atoms with Gasteiger partial charge in [0.1, 0.15) is 0 Å². The lowest BCUT2D eigenvalue weighted by Crippen LogP contribution is -2.12. The molecule has 18 heavy (non-hydrogen) atoms. The molecule has 0 aliphatic rings. The zero-order chi connectivity index (χ0) is 13.0. The summed E-state index contributed by atoms with van der Waals surface area (Å²) in [6.45, 7) is 1.72. The van der Waals surface area contributed by atoms with Crippen LogP contribution in [-0.2, 0) is 14.4 Å². The van der Waals surface area contributed by atoms with Crippen LogP contribution in [0.1, 0.15) is 5.56 Å². The van der Waals surface area contributed by atoms with Gasteiger partial charge >= 0.3 is 10.1 Å². The topological polar surface area (TPSA) is 55.4 Å². The Morgan fingerprint density at radius 3 is 2.22 bits per heavy atom. The number of rotatable bonds is 4. The second kappa shape index (κ2) is 5.20. The lowest BCUT2D eigenvalue weighted by molar-refractivity contribution is 0.390. The number of nitrogens with one attached hydrogen (secondary N) is 1. The molecule has 2 aromatic rings. The summed E-state index contributed by atoms with van der Waals surface area (Å²) < 4.78 is 28.7. The van der Waals surface area contributed by atoms with Gasteiger partial charge in [-0.2, -0.15) is 8.42 Å². The highest BCUT2D eigenvalue weighted by Gasteiger charge is 2.17. The molecule has 4 nitrogen and oxygen atoms in total. The average molecular weight is 263 g/mol. The minimum absolute atomic E-state index is 0.161. The fraction of sp³-hybridized carbons (Fsp3) is 0.0769. The van der Waals surface area contributed by atoms with E-state index >= 15 is 0 Å². The molecule has 0 aromatic heterocycles. The van der Waals surface area contributed by atoms with E-state index in [9.17, 15) is 8.42 Å². The molecule has 0 unspecified atom stereocenters. The van der Waals surface area contributed by atoms with Crippen molar-refractivity contribution in [3.05, 3.63) is 60.2 Å². The Bertz CT molecular complexity index is 624. The van der Waals surface area contributed by atoms with E-state index in [0.29, 0.717) is 11.3 Å². The van der Waals surface area contributed by atoms with Crippen LogP contribution in [0.2, 0.25) is 0 Å². The van der Waals surface area contributed by atoms with Crippen LogP contribution in [0.5, 0.6) is 0 Å². The quantitative estimate of drug-likeness (QED) is 0.862. The van der Waals surface area contributed by atoms with Crippen molar-refractivity contribution in [1.29, 1.82) is 0 Å². The Hall–Kier alpha value is -1.85. The normalized spacial score (nSPS) is 11.2. The van der Waals surface area contributed by atoms with E-state index in [1.165, 1.54) is 6.07 Å². The minimum Gasteiger partial charge on any atom is -0.249 e. The van der Waals surface area contributed by atoms with Crippen LogP contribution in [0.3, 0.4) is 0 Å². The smallest absolute Gasteiger partial charge is 0.249 e. The number of aryl methyl sites for hydroxylation is 1. The highest BCUT2D eigenvalue weighted by Crippen LogP contribution is 2.17. The summed E-state index contributed by atoms with van der Waals surface area (Å²) in [5.41, 5.74) is 3.65. The van der Waals surface area contributed by atoms with Gasteiger partial charge in [0.25, 0.3) is 0 Å². The van der Waals surface area contributed by atoms with Crippen molar-refractivity contribution in [3.8, 4) is 0 Å². The molecule has 5 heteroatoms. The van der Waals surface area contributed by atoms with Gasteiger partial charge in [-0.1, -0.05) is 36.4 Å². The first kappa shape index (κ1) is 12.6. The van der Waals surface area contributed by atoms with Crippen LogP contribution in [0.25, 0.3) is 0 Å². The molecule has 0 spiro atoms. The van der Waals surface area contributed by atoms with E-state index in [-0.39, 0.29) is 4.90 Å². The third kappa shape index (κ3) is 2.88. The van der Waals surface area contributed by atoms with Crippen LogP contribution in [0.15, 0.2) is 59.5 Å². The molecule has 2 aromatic carbocycles. The number of benzene rings is 2. The van der Waals surface area contributed by atoms with Crippen LogP contribution in [0.4, 0.5) is 5.69 Å². The van der Waals surface area contributed by atoms with Gasteiger partial charge in [-0.3, -0.25) is 0 Å². The Morgan fingerprint density at radius 1 is 0.944 bits per heavy atom. The molecule has 0 fully saturated rings. The van der Waals surface area contributed by atoms with Crippen molar-refractivity contribution < 1.29 is 12.7 Å². The first-order valence-corrected chi connectivity index (χ1v) is 6.80. The summed E-state index contributed by atoms with van der Waals surface area (Å²) in [7, 11) is -3.80. The van der Waals surface area contributed by atoms with Gasteiger partial charge in [0.2, 0.25) is 0 Å². The largest absolute Gasteiger partial charge is 0.317 e. The van der Waals surface area contributed by atoms with Gasteiger partial charge < -0.3 is 0 Å². The van der Waals surface area contributed by atoms with Gasteiger partial charge in [0.05, 0.1) is 10.6 Å². The SMILES string of the molecule is Cc1ccccc1S(=O)(=O)ONc1ccccc1. The lowest BCUT2D eigenvalue weighted by Gasteiger charge is -2.08. The maximum atomic E-state index is 11.9. The molecule has 0 heterocycles. The lowest BCUT2D eigenvalue weighted by atomic mass is 10.2. The molecule has 0 bridgehead atoms. The van der Waals surface area contributed by atoms with Gasteiger partial charge in [-0.15, -0.1) is 4.28 Å². The summed E-state index contributed by atoms with van der Waals surface area (Å²) in [4.78, 5) is 0.161. The number of anilines is 1. The number of para-hydroxylation sites is 1. The molecule has 1 N–H and O–H groups in total. The molecule has 94 valence electrons. The Morgan fingerprint density at radius 2 is 1.56 bits per heavy atom. The summed E-state index contributed by atoms with van der Waals surface area (Å²) in [5.74, 6) is 0. The first-order valence-electron chi connectivity index (χ1n) is 5.40. The van der Waals surface area contributed by atoms with Gasteiger partial charge in [0, 0.05) is 0 Å². The maximum Gasteiger partial charge on any atom is 0.317 e. The van der Waals surface area contributed by atoms with Crippen LogP contribution in [0, 0.1) is 6.92 Å². The zero-order valence-electron chi connectivity index (χ0n) is 9.83. The highest BCUT2D eigenvalue weighted by molar-refractivity contribution is 7.86. The predicted octanol–water partition coefficient (Wildman–Crippen LogP) is 2.73. The molecule has 0 saturated carbocycles. The Kier molecular flexibility index (Phi) is 3.64. The van der Waals surface area contributed by atoms with Crippen molar-refractivity contribution in [2.75, 3.05) is 5.48 Å². The van der Waals surface area contributed by atoms with Crippen molar-refractivity contribution in [2.24, 2.45) is 0 Å². The molecular weight excluding hydrogens is 250 g/mol. The van der Waals surface area contributed by atoms with E-state index in [1.54, 1.807) is 49.4 Å². The average Bonchev–Trinajstić information content (AvgIpc) is 2.38. The fourth-order valence-corrected chi connectivity index (χ4v) is 2.49. The van der Waals surface area contributed by atoms with E-state index in [2.05, 4.69) is 5.48 Å². The molecule has 0 amide bonds. The molecule has 0 atom stereocenters. The molecule has 0 aliphatic carbocycles. The maximum absolute atomic E-state index is 11.9. The number of hydrogen-bond acceptors (Lipinski definition) is 4.